The van der Waals surface area contributed by atoms with Gasteiger partial charge in [0.05, 0.1) is 6.54 Å². The predicted molar refractivity (Wildman–Crippen MR) is 67.6 cm³/mol. The zero-order chi connectivity index (χ0) is 12.4. The second-order valence-corrected chi connectivity index (χ2v) is 4.47. The monoisotopic (exact) mass is 297 g/mol. The van der Waals surface area contributed by atoms with Gasteiger partial charge in [0.1, 0.15) is 16.1 Å². The molecule has 0 amide bonds. The van der Waals surface area contributed by atoms with Crippen LogP contribution in [0.3, 0.4) is 0 Å². The van der Waals surface area contributed by atoms with Crippen molar-refractivity contribution in [1.29, 1.82) is 0 Å². The molecule has 0 saturated carbocycles. The molecular weight excluding hydrogens is 286 g/mol. The van der Waals surface area contributed by atoms with Gasteiger partial charge in [0.25, 0.3) is 5.56 Å². The summed E-state index contributed by atoms with van der Waals surface area (Å²) < 4.78 is 3.76. The molecule has 0 bridgehead atoms. The van der Waals surface area contributed by atoms with E-state index in [1.807, 2.05) is 0 Å². The Morgan fingerprint density at radius 2 is 2.24 bits per heavy atom. The van der Waals surface area contributed by atoms with E-state index in [0.29, 0.717) is 29.2 Å². The van der Waals surface area contributed by atoms with Gasteiger partial charge in [0.15, 0.2) is 0 Å². The van der Waals surface area contributed by atoms with Crippen molar-refractivity contribution in [1.82, 2.24) is 19.3 Å². The normalized spacial score (nSPS) is 10.7. The number of hydrogen-bond donors (Lipinski definition) is 1. The molecule has 2 heterocycles. The Bertz CT molecular complexity index is 589. The molecule has 17 heavy (non-hydrogen) atoms. The molecule has 0 aliphatic rings. The molecule has 0 unspecified atom stereocenters. The molecule has 0 aliphatic carbocycles. The van der Waals surface area contributed by atoms with Gasteiger partial charge < -0.3 is 5.73 Å². The lowest BCUT2D eigenvalue weighted by Crippen LogP contribution is -2.26. The molecular formula is C10H12BrN5O. The van der Waals surface area contributed by atoms with Crippen molar-refractivity contribution in [2.24, 2.45) is 0 Å². The van der Waals surface area contributed by atoms with E-state index in [0.717, 1.165) is 0 Å². The van der Waals surface area contributed by atoms with E-state index in [4.69, 9.17) is 5.73 Å². The van der Waals surface area contributed by atoms with Crippen LogP contribution in [0.15, 0.2) is 27.7 Å². The van der Waals surface area contributed by atoms with Crippen LogP contribution < -0.4 is 11.3 Å². The van der Waals surface area contributed by atoms with Crippen LogP contribution in [0.5, 0.6) is 0 Å². The van der Waals surface area contributed by atoms with Gasteiger partial charge in [-0.05, 0) is 28.9 Å². The molecule has 2 N–H and O–H groups in total. The van der Waals surface area contributed by atoms with Crippen LogP contribution in [0.1, 0.15) is 5.82 Å². The van der Waals surface area contributed by atoms with Gasteiger partial charge in [-0.3, -0.25) is 14.0 Å². The van der Waals surface area contributed by atoms with E-state index >= 15 is 0 Å². The number of aryl methyl sites for hydroxylation is 2. The fourth-order valence-corrected chi connectivity index (χ4v) is 1.84. The number of rotatable bonds is 3. The summed E-state index contributed by atoms with van der Waals surface area (Å²) in [6, 6.07) is 1.72. The molecule has 2 aromatic heterocycles. The van der Waals surface area contributed by atoms with Crippen molar-refractivity contribution in [3.63, 3.8) is 0 Å². The third kappa shape index (κ3) is 2.55. The minimum atomic E-state index is -0.0855. The molecule has 0 radical (unpaired) electrons. The molecule has 2 aromatic rings. The number of hydrogen-bond acceptors (Lipinski definition) is 4. The summed E-state index contributed by atoms with van der Waals surface area (Å²) in [5, 5.41) is 4.05. The van der Waals surface area contributed by atoms with Gasteiger partial charge in [-0.25, -0.2) is 4.98 Å². The van der Waals surface area contributed by atoms with Crippen LogP contribution in [0.25, 0.3) is 0 Å². The maximum absolute atomic E-state index is 11.8. The lowest BCUT2D eigenvalue weighted by molar-refractivity contribution is 0.509. The first-order valence-corrected chi connectivity index (χ1v) is 5.88. The Morgan fingerprint density at radius 1 is 1.47 bits per heavy atom. The van der Waals surface area contributed by atoms with Gasteiger partial charge in [0, 0.05) is 18.9 Å². The molecule has 7 heteroatoms. The van der Waals surface area contributed by atoms with Crippen molar-refractivity contribution in [2.75, 3.05) is 5.73 Å². The zero-order valence-corrected chi connectivity index (χ0v) is 10.9. The highest BCUT2D eigenvalue weighted by atomic mass is 79.9. The molecule has 0 aliphatic heterocycles. The molecule has 90 valence electrons. The fourth-order valence-electron chi connectivity index (χ4n) is 1.52. The summed E-state index contributed by atoms with van der Waals surface area (Å²) in [6.07, 6.45) is 3.29. The third-order valence-electron chi connectivity index (χ3n) is 2.42. The topological polar surface area (TPSA) is 78.7 Å². The van der Waals surface area contributed by atoms with Gasteiger partial charge >= 0.3 is 0 Å². The Morgan fingerprint density at radius 3 is 2.88 bits per heavy atom. The molecule has 2 rings (SSSR count). The Labute approximate surface area is 106 Å². The van der Waals surface area contributed by atoms with E-state index in [9.17, 15) is 4.79 Å². The smallest absolute Gasteiger partial charge is 0.267 e. The summed E-state index contributed by atoms with van der Waals surface area (Å²) >= 11 is 3.17. The van der Waals surface area contributed by atoms with Crippen molar-refractivity contribution >= 4 is 21.7 Å². The lowest BCUT2D eigenvalue weighted by atomic mass is 10.5. The Kier molecular flexibility index (Phi) is 3.28. The van der Waals surface area contributed by atoms with Crippen LogP contribution in [0.2, 0.25) is 0 Å². The zero-order valence-electron chi connectivity index (χ0n) is 9.30. The quantitative estimate of drug-likeness (QED) is 0.909. The number of aromatic nitrogens is 4. The minimum absolute atomic E-state index is 0.0855. The third-order valence-corrected chi connectivity index (χ3v) is 2.96. The first-order valence-electron chi connectivity index (χ1n) is 5.09. The summed E-state index contributed by atoms with van der Waals surface area (Å²) in [6.45, 7) is 2.89. The molecule has 0 spiro atoms. The summed E-state index contributed by atoms with van der Waals surface area (Å²) in [7, 11) is 0. The highest BCUT2D eigenvalue weighted by Gasteiger charge is 2.05. The van der Waals surface area contributed by atoms with Crippen LogP contribution in [-0.4, -0.2) is 19.3 Å². The van der Waals surface area contributed by atoms with Gasteiger partial charge in [-0.2, -0.15) is 5.10 Å². The Hall–Kier alpha value is -1.63. The van der Waals surface area contributed by atoms with E-state index in [1.165, 1.54) is 6.20 Å². The van der Waals surface area contributed by atoms with Crippen molar-refractivity contribution in [3.8, 4) is 0 Å². The second kappa shape index (κ2) is 4.70. The lowest BCUT2D eigenvalue weighted by Gasteiger charge is -2.09. The predicted octanol–water partition coefficient (Wildman–Crippen LogP) is 0.793. The SMILES string of the molecule is Cc1ncc(Br)c(=O)n1CCn1ccc(N)n1. The van der Waals surface area contributed by atoms with Gasteiger partial charge in [-0.1, -0.05) is 0 Å². The van der Waals surface area contributed by atoms with Crippen molar-refractivity contribution in [3.05, 3.63) is 39.1 Å². The maximum Gasteiger partial charge on any atom is 0.267 e. The summed E-state index contributed by atoms with van der Waals surface area (Å²) in [5.74, 6) is 1.15. The fraction of sp³-hybridized carbons (Fsp3) is 0.300. The Balaban J connectivity index is 2.19. The standard InChI is InChI=1S/C10H12BrN5O/c1-7-13-6-8(11)10(17)16(7)5-4-15-3-2-9(12)14-15/h2-3,6H,4-5H2,1H3,(H2,12,14). The summed E-state index contributed by atoms with van der Waals surface area (Å²) in [4.78, 5) is 16.0. The summed E-state index contributed by atoms with van der Waals surface area (Å²) in [5.41, 5.74) is 5.43. The molecule has 6 nitrogen and oxygen atoms in total. The van der Waals surface area contributed by atoms with Crippen LogP contribution >= 0.6 is 15.9 Å². The van der Waals surface area contributed by atoms with Crippen molar-refractivity contribution < 1.29 is 0 Å². The largest absolute Gasteiger partial charge is 0.382 e. The minimum Gasteiger partial charge on any atom is -0.382 e. The number of nitrogens with two attached hydrogens (primary N) is 1. The molecule has 0 fully saturated rings. The average Bonchev–Trinajstić information content (AvgIpc) is 2.70. The molecule has 0 saturated heterocycles. The van der Waals surface area contributed by atoms with E-state index < -0.39 is 0 Å². The van der Waals surface area contributed by atoms with Crippen LogP contribution in [-0.2, 0) is 13.1 Å². The molecule has 0 atom stereocenters. The van der Waals surface area contributed by atoms with Crippen LogP contribution in [0, 0.1) is 6.92 Å². The second-order valence-electron chi connectivity index (χ2n) is 3.61. The van der Waals surface area contributed by atoms with Gasteiger partial charge in [0.2, 0.25) is 0 Å². The molecule has 0 aromatic carbocycles. The number of halogens is 1. The van der Waals surface area contributed by atoms with E-state index in [2.05, 4.69) is 26.0 Å². The highest BCUT2D eigenvalue weighted by molar-refractivity contribution is 9.10. The highest BCUT2D eigenvalue weighted by Crippen LogP contribution is 2.02. The average molecular weight is 298 g/mol. The van der Waals surface area contributed by atoms with E-state index in [1.54, 1.807) is 28.4 Å². The number of anilines is 1. The van der Waals surface area contributed by atoms with Crippen LogP contribution in [0.4, 0.5) is 5.82 Å². The van der Waals surface area contributed by atoms with Crippen molar-refractivity contribution in [2.45, 2.75) is 20.0 Å². The maximum atomic E-state index is 11.8. The first kappa shape index (κ1) is 11.8. The number of nitrogen functional groups attached to an aromatic ring is 1. The number of nitrogens with zero attached hydrogens (tertiary/aromatic N) is 4. The first-order chi connectivity index (χ1) is 8.08. The van der Waals surface area contributed by atoms with E-state index in [-0.39, 0.29) is 5.56 Å². The van der Waals surface area contributed by atoms with Gasteiger partial charge in [-0.15, -0.1) is 0 Å².